The van der Waals surface area contributed by atoms with Crippen molar-refractivity contribution in [3.63, 3.8) is 0 Å². The number of aryl methyl sites for hydroxylation is 1. The molecule has 132 valence electrons. The molecule has 0 saturated heterocycles. The lowest BCUT2D eigenvalue weighted by atomic mass is 9.94. The fourth-order valence-corrected chi connectivity index (χ4v) is 3.66. The van der Waals surface area contributed by atoms with Crippen molar-refractivity contribution in [3.05, 3.63) is 48.2 Å². The molecular formula is C19H24N4O2. The summed E-state index contributed by atoms with van der Waals surface area (Å²) in [6.07, 6.45) is 5.63. The number of rotatable bonds is 4. The number of benzene rings is 1. The normalized spacial score (nSPS) is 19.6. The summed E-state index contributed by atoms with van der Waals surface area (Å²) in [5.41, 5.74) is 1.28. The van der Waals surface area contributed by atoms with E-state index in [4.69, 9.17) is 0 Å². The van der Waals surface area contributed by atoms with E-state index in [1.54, 1.807) is 31.3 Å². The number of likely N-dealkylation sites (N-methyl/N-ethyl adjacent to an activating group) is 1. The van der Waals surface area contributed by atoms with Crippen LogP contribution in [0.25, 0.3) is 0 Å². The van der Waals surface area contributed by atoms with Crippen molar-refractivity contribution in [3.8, 4) is 0 Å². The van der Waals surface area contributed by atoms with E-state index in [-0.39, 0.29) is 6.04 Å². The molecule has 2 amide bonds. The fourth-order valence-electron chi connectivity index (χ4n) is 3.66. The van der Waals surface area contributed by atoms with Gasteiger partial charge in [0.2, 0.25) is 0 Å². The Labute approximate surface area is 147 Å². The van der Waals surface area contributed by atoms with Crippen LogP contribution in [-0.4, -0.2) is 39.6 Å². The minimum atomic E-state index is -0.614. The number of aromatic nitrogens is 2. The van der Waals surface area contributed by atoms with Crippen LogP contribution in [0.15, 0.2) is 42.6 Å². The Morgan fingerprint density at radius 2 is 2.00 bits per heavy atom. The van der Waals surface area contributed by atoms with E-state index in [0.717, 1.165) is 25.7 Å². The van der Waals surface area contributed by atoms with Gasteiger partial charge in [0, 0.05) is 26.2 Å². The largest absolute Gasteiger partial charge is 0.334 e. The summed E-state index contributed by atoms with van der Waals surface area (Å²) in [6, 6.07) is 12.1. The highest BCUT2D eigenvalue weighted by molar-refractivity contribution is 6.39. The van der Waals surface area contributed by atoms with Crippen LogP contribution in [0, 0.1) is 5.92 Å². The number of carbonyl (C=O) groups excluding carboxylic acids is 2. The number of hydrogen-bond donors (Lipinski definition) is 1. The third-order valence-corrected chi connectivity index (χ3v) is 5.03. The van der Waals surface area contributed by atoms with E-state index >= 15 is 0 Å². The van der Waals surface area contributed by atoms with E-state index < -0.39 is 11.8 Å². The number of nitrogens with zero attached hydrogens (tertiary/aromatic N) is 3. The van der Waals surface area contributed by atoms with Crippen molar-refractivity contribution in [1.29, 1.82) is 0 Å². The van der Waals surface area contributed by atoms with Crippen LogP contribution in [0.5, 0.6) is 0 Å². The first kappa shape index (κ1) is 17.2. The molecule has 1 N–H and O–H groups in total. The van der Waals surface area contributed by atoms with Gasteiger partial charge in [-0.1, -0.05) is 36.8 Å². The first-order chi connectivity index (χ1) is 12.1. The number of anilines is 1. The second-order valence-electron chi connectivity index (χ2n) is 6.66. The maximum absolute atomic E-state index is 12.5. The number of nitrogens with one attached hydrogen (secondary N) is 1. The van der Waals surface area contributed by atoms with Crippen molar-refractivity contribution < 1.29 is 9.59 Å². The molecule has 2 atom stereocenters. The lowest BCUT2D eigenvalue weighted by molar-refractivity contribution is -0.144. The van der Waals surface area contributed by atoms with Gasteiger partial charge < -0.3 is 10.2 Å². The Balaban J connectivity index is 1.64. The van der Waals surface area contributed by atoms with Crippen molar-refractivity contribution in [1.82, 2.24) is 14.7 Å². The highest BCUT2D eigenvalue weighted by Crippen LogP contribution is 2.32. The average molecular weight is 340 g/mol. The van der Waals surface area contributed by atoms with Gasteiger partial charge in [0.05, 0.1) is 6.20 Å². The SMILES string of the molecule is CN(C(=O)C(=O)Nc1ccnn1C)[C@@H]1CCC[C@@H]1Cc1ccccc1. The lowest BCUT2D eigenvalue weighted by Crippen LogP contribution is -2.45. The van der Waals surface area contributed by atoms with Gasteiger partial charge in [0.25, 0.3) is 0 Å². The van der Waals surface area contributed by atoms with Gasteiger partial charge in [0.1, 0.15) is 5.82 Å². The molecule has 2 aromatic rings. The Morgan fingerprint density at radius 3 is 2.68 bits per heavy atom. The molecule has 1 aliphatic carbocycles. The zero-order valence-corrected chi connectivity index (χ0v) is 14.7. The Hall–Kier alpha value is -2.63. The predicted molar refractivity (Wildman–Crippen MR) is 95.9 cm³/mol. The number of hydrogen-bond acceptors (Lipinski definition) is 3. The van der Waals surface area contributed by atoms with Gasteiger partial charge in [-0.05, 0) is 30.7 Å². The van der Waals surface area contributed by atoms with Gasteiger partial charge in [0.15, 0.2) is 0 Å². The van der Waals surface area contributed by atoms with Crippen LogP contribution in [-0.2, 0) is 23.1 Å². The van der Waals surface area contributed by atoms with Crippen LogP contribution in [0.4, 0.5) is 5.82 Å². The van der Waals surface area contributed by atoms with Crippen LogP contribution in [0.3, 0.4) is 0 Å². The Kier molecular flexibility index (Phi) is 5.16. The van der Waals surface area contributed by atoms with E-state index in [1.165, 1.54) is 10.2 Å². The standard InChI is InChI=1S/C19H24N4O2/c1-22(19(25)18(24)21-17-11-12-20-23(17)2)16-10-6-9-15(16)13-14-7-4-3-5-8-14/h3-5,7-8,11-12,15-16H,6,9-10,13H2,1-2H3,(H,21,24)/t15-,16-/m1/s1. The molecule has 0 aliphatic heterocycles. The lowest BCUT2D eigenvalue weighted by Gasteiger charge is -2.29. The topological polar surface area (TPSA) is 67.2 Å². The van der Waals surface area contributed by atoms with Gasteiger partial charge >= 0.3 is 11.8 Å². The smallest absolute Gasteiger partial charge is 0.315 e. The van der Waals surface area contributed by atoms with Crippen LogP contribution < -0.4 is 5.32 Å². The zero-order chi connectivity index (χ0) is 17.8. The van der Waals surface area contributed by atoms with Crippen molar-refractivity contribution in [2.75, 3.05) is 12.4 Å². The summed E-state index contributed by atoms with van der Waals surface area (Å²) in [5, 5.41) is 6.62. The monoisotopic (exact) mass is 340 g/mol. The summed E-state index contributed by atoms with van der Waals surface area (Å²) in [4.78, 5) is 26.4. The molecule has 0 spiro atoms. The van der Waals surface area contributed by atoms with Crippen LogP contribution in [0.2, 0.25) is 0 Å². The summed E-state index contributed by atoms with van der Waals surface area (Å²) in [7, 11) is 3.45. The average Bonchev–Trinajstić information content (AvgIpc) is 3.24. The van der Waals surface area contributed by atoms with Crippen molar-refractivity contribution in [2.45, 2.75) is 31.7 Å². The molecule has 6 heteroatoms. The second-order valence-corrected chi connectivity index (χ2v) is 6.66. The van der Waals surface area contributed by atoms with E-state index in [2.05, 4.69) is 22.5 Å². The highest BCUT2D eigenvalue weighted by Gasteiger charge is 2.34. The molecule has 1 aromatic carbocycles. The van der Waals surface area contributed by atoms with Crippen molar-refractivity contribution in [2.24, 2.45) is 13.0 Å². The zero-order valence-electron chi connectivity index (χ0n) is 14.7. The molecule has 1 heterocycles. The molecular weight excluding hydrogens is 316 g/mol. The third kappa shape index (κ3) is 3.90. The molecule has 1 aliphatic rings. The summed E-state index contributed by atoms with van der Waals surface area (Å²) in [6.45, 7) is 0. The quantitative estimate of drug-likeness (QED) is 0.868. The molecule has 0 radical (unpaired) electrons. The molecule has 1 saturated carbocycles. The minimum Gasteiger partial charge on any atom is -0.334 e. The van der Waals surface area contributed by atoms with Crippen LogP contribution >= 0.6 is 0 Å². The fraction of sp³-hybridized carbons (Fsp3) is 0.421. The molecule has 0 unspecified atom stereocenters. The van der Waals surface area contributed by atoms with Gasteiger partial charge in [-0.3, -0.25) is 14.3 Å². The summed E-state index contributed by atoms with van der Waals surface area (Å²) in [5.74, 6) is -0.206. The maximum Gasteiger partial charge on any atom is 0.315 e. The molecule has 25 heavy (non-hydrogen) atoms. The number of amides is 2. The summed E-state index contributed by atoms with van der Waals surface area (Å²) >= 11 is 0. The summed E-state index contributed by atoms with van der Waals surface area (Å²) < 4.78 is 1.53. The minimum absolute atomic E-state index is 0.102. The molecule has 1 aromatic heterocycles. The van der Waals surface area contributed by atoms with E-state index in [1.807, 2.05) is 18.2 Å². The van der Waals surface area contributed by atoms with Crippen LogP contribution in [0.1, 0.15) is 24.8 Å². The third-order valence-electron chi connectivity index (χ3n) is 5.03. The van der Waals surface area contributed by atoms with E-state index in [9.17, 15) is 9.59 Å². The first-order valence-corrected chi connectivity index (χ1v) is 8.66. The number of carbonyl (C=O) groups is 2. The molecule has 3 rings (SSSR count). The van der Waals surface area contributed by atoms with Gasteiger partial charge in [-0.25, -0.2) is 0 Å². The molecule has 0 bridgehead atoms. The first-order valence-electron chi connectivity index (χ1n) is 8.66. The van der Waals surface area contributed by atoms with Gasteiger partial charge in [-0.15, -0.1) is 0 Å². The Morgan fingerprint density at radius 1 is 1.24 bits per heavy atom. The molecule has 6 nitrogen and oxygen atoms in total. The Bertz CT molecular complexity index is 741. The predicted octanol–water partition coefficient (Wildman–Crippen LogP) is 2.23. The highest BCUT2D eigenvalue weighted by atomic mass is 16.2. The van der Waals surface area contributed by atoms with Gasteiger partial charge in [-0.2, -0.15) is 5.10 Å². The van der Waals surface area contributed by atoms with E-state index in [0.29, 0.717) is 11.7 Å². The second kappa shape index (κ2) is 7.51. The van der Waals surface area contributed by atoms with Crippen molar-refractivity contribution >= 4 is 17.6 Å². The maximum atomic E-state index is 12.5. The molecule has 1 fully saturated rings.